The van der Waals surface area contributed by atoms with E-state index < -0.39 is 47.3 Å². The zero-order chi connectivity index (χ0) is 18.4. The lowest BCUT2D eigenvalue weighted by Gasteiger charge is -2.43. The first-order valence-corrected chi connectivity index (χ1v) is 8.34. The van der Waals surface area contributed by atoms with Crippen LogP contribution in [0.15, 0.2) is 0 Å². The number of ether oxygens (including phenoxy) is 4. The smallest absolute Gasteiger partial charge is 0.303 e. The van der Waals surface area contributed by atoms with Gasteiger partial charge in [-0.25, -0.2) is 0 Å². The first-order valence-electron chi connectivity index (χ1n) is 7.42. The molecule has 0 aromatic carbocycles. The fourth-order valence-electron chi connectivity index (χ4n) is 2.42. The van der Waals surface area contributed by atoms with Crippen molar-refractivity contribution in [3.05, 3.63) is 0 Å². The van der Waals surface area contributed by atoms with E-state index >= 15 is 0 Å². The van der Waals surface area contributed by atoms with E-state index in [-0.39, 0.29) is 18.6 Å². The SMILES string of the molecule is CC(=O)CCC1OC(Br)C(OC(C)=O)C(OC(C)=O)C1OC(C)=O. The standard InChI is InChI=1S/C15H21BrO8/c1-7(17)5-6-11-12(21-8(2)18)13(22-9(3)19)14(15(16)24-11)23-10(4)20/h11-15H,5-6H2,1-4H3. The summed E-state index contributed by atoms with van der Waals surface area (Å²) in [5.74, 6) is -1.89. The van der Waals surface area contributed by atoms with Crippen LogP contribution < -0.4 is 0 Å². The average molecular weight is 409 g/mol. The summed E-state index contributed by atoms with van der Waals surface area (Å²) in [7, 11) is 0. The Hall–Kier alpha value is -1.48. The monoisotopic (exact) mass is 408 g/mol. The van der Waals surface area contributed by atoms with Gasteiger partial charge in [0.2, 0.25) is 0 Å². The molecule has 0 N–H and O–H groups in total. The molecule has 1 saturated heterocycles. The maximum Gasteiger partial charge on any atom is 0.303 e. The molecule has 5 unspecified atom stereocenters. The number of halogens is 1. The molecule has 0 bridgehead atoms. The molecule has 1 heterocycles. The van der Waals surface area contributed by atoms with E-state index in [0.717, 1.165) is 0 Å². The van der Waals surface area contributed by atoms with E-state index in [1.165, 1.54) is 27.7 Å². The van der Waals surface area contributed by atoms with Crippen molar-refractivity contribution >= 4 is 39.6 Å². The Morgan fingerprint density at radius 3 is 1.75 bits per heavy atom. The fourth-order valence-corrected chi connectivity index (χ4v) is 3.11. The molecular formula is C15H21BrO8. The van der Waals surface area contributed by atoms with Gasteiger partial charge in [-0.2, -0.15) is 0 Å². The number of hydrogen-bond donors (Lipinski definition) is 0. The summed E-state index contributed by atoms with van der Waals surface area (Å²) in [6.45, 7) is 5.03. The molecule has 136 valence electrons. The molecular weight excluding hydrogens is 388 g/mol. The van der Waals surface area contributed by atoms with Crippen LogP contribution in [0, 0.1) is 0 Å². The molecule has 0 aromatic heterocycles. The topological polar surface area (TPSA) is 105 Å². The first kappa shape index (κ1) is 20.6. The third kappa shape index (κ3) is 6.20. The van der Waals surface area contributed by atoms with E-state index in [0.29, 0.717) is 0 Å². The second kappa shape index (κ2) is 9.12. The Kier molecular flexibility index (Phi) is 7.82. The van der Waals surface area contributed by atoms with Crippen LogP contribution in [0.3, 0.4) is 0 Å². The van der Waals surface area contributed by atoms with Crippen molar-refractivity contribution in [3.8, 4) is 0 Å². The Morgan fingerprint density at radius 2 is 1.29 bits per heavy atom. The van der Waals surface area contributed by atoms with Gasteiger partial charge in [0.05, 0.1) is 0 Å². The fraction of sp³-hybridized carbons (Fsp3) is 0.733. The summed E-state index contributed by atoms with van der Waals surface area (Å²) in [6.07, 6.45) is -3.27. The summed E-state index contributed by atoms with van der Waals surface area (Å²) in [6, 6.07) is 0. The molecule has 1 rings (SSSR count). The van der Waals surface area contributed by atoms with Crippen LogP contribution in [0.1, 0.15) is 40.5 Å². The van der Waals surface area contributed by atoms with Gasteiger partial charge >= 0.3 is 17.9 Å². The van der Waals surface area contributed by atoms with Crippen LogP contribution in [0.5, 0.6) is 0 Å². The van der Waals surface area contributed by atoms with Crippen LogP contribution in [-0.4, -0.2) is 53.1 Å². The van der Waals surface area contributed by atoms with Gasteiger partial charge < -0.3 is 23.7 Å². The first-order chi connectivity index (χ1) is 11.1. The van der Waals surface area contributed by atoms with Crippen LogP contribution in [0.2, 0.25) is 0 Å². The minimum absolute atomic E-state index is 0.0579. The van der Waals surface area contributed by atoms with Crippen molar-refractivity contribution in [1.29, 1.82) is 0 Å². The van der Waals surface area contributed by atoms with E-state index in [1.54, 1.807) is 0 Å². The molecule has 5 atom stereocenters. The minimum Gasteiger partial charge on any atom is -0.456 e. The number of rotatable bonds is 6. The van der Waals surface area contributed by atoms with Crippen molar-refractivity contribution in [2.24, 2.45) is 0 Å². The number of ketones is 1. The van der Waals surface area contributed by atoms with Gasteiger partial charge in [-0.15, -0.1) is 0 Å². The Labute approximate surface area is 148 Å². The number of Topliss-reactive ketones (excluding diaryl/α,β-unsaturated/α-hetero) is 1. The van der Waals surface area contributed by atoms with Crippen LogP contribution in [0.4, 0.5) is 0 Å². The Balaban J connectivity index is 3.11. The molecule has 0 radical (unpaired) electrons. The normalized spacial score (nSPS) is 29.5. The predicted molar refractivity (Wildman–Crippen MR) is 84.2 cm³/mol. The van der Waals surface area contributed by atoms with E-state index in [9.17, 15) is 19.2 Å². The molecule has 0 spiro atoms. The lowest BCUT2D eigenvalue weighted by Crippen LogP contribution is -2.59. The van der Waals surface area contributed by atoms with E-state index in [2.05, 4.69) is 15.9 Å². The highest BCUT2D eigenvalue weighted by molar-refractivity contribution is 9.09. The van der Waals surface area contributed by atoms with E-state index in [1.807, 2.05) is 0 Å². The maximum absolute atomic E-state index is 11.4. The third-order valence-corrected chi connectivity index (χ3v) is 4.00. The van der Waals surface area contributed by atoms with Crippen LogP contribution in [-0.2, 0) is 38.1 Å². The summed E-state index contributed by atoms with van der Waals surface area (Å²) >= 11 is 3.24. The third-order valence-electron chi connectivity index (χ3n) is 3.26. The highest BCUT2D eigenvalue weighted by Crippen LogP contribution is 2.33. The largest absolute Gasteiger partial charge is 0.456 e. The molecule has 24 heavy (non-hydrogen) atoms. The molecule has 1 aliphatic heterocycles. The number of carbonyl (C=O) groups is 4. The number of alkyl halides is 1. The Bertz CT molecular complexity index is 506. The minimum atomic E-state index is -1.05. The summed E-state index contributed by atoms with van der Waals surface area (Å²) in [5.41, 5.74) is 0. The summed E-state index contributed by atoms with van der Waals surface area (Å²) in [4.78, 5) is 45.4. The van der Waals surface area contributed by atoms with Gasteiger partial charge in [0.15, 0.2) is 23.3 Å². The summed E-state index contributed by atoms with van der Waals surface area (Å²) in [5, 5.41) is -0.783. The molecule has 1 aliphatic rings. The zero-order valence-corrected chi connectivity index (χ0v) is 15.5. The van der Waals surface area contributed by atoms with Gasteiger partial charge in [-0.1, -0.05) is 15.9 Å². The highest BCUT2D eigenvalue weighted by Gasteiger charge is 2.50. The van der Waals surface area contributed by atoms with Crippen molar-refractivity contribution in [1.82, 2.24) is 0 Å². The van der Waals surface area contributed by atoms with Crippen molar-refractivity contribution in [2.75, 3.05) is 0 Å². The molecule has 0 saturated carbocycles. The van der Waals surface area contributed by atoms with Crippen LogP contribution in [0.25, 0.3) is 0 Å². The van der Waals surface area contributed by atoms with Crippen molar-refractivity contribution in [3.63, 3.8) is 0 Å². The van der Waals surface area contributed by atoms with Gasteiger partial charge in [0.1, 0.15) is 11.9 Å². The number of carbonyl (C=O) groups excluding carboxylic acids is 4. The number of esters is 3. The second-order valence-corrected chi connectivity index (χ2v) is 6.39. The van der Waals surface area contributed by atoms with Crippen molar-refractivity contribution in [2.45, 2.75) is 70.0 Å². The van der Waals surface area contributed by atoms with Gasteiger partial charge in [0.25, 0.3) is 0 Å². The molecule has 0 aromatic rings. The lowest BCUT2D eigenvalue weighted by molar-refractivity contribution is -0.231. The molecule has 1 fully saturated rings. The highest BCUT2D eigenvalue weighted by atomic mass is 79.9. The maximum atomic E-state index is 11.4. The molecule has 8 nitrogen and oxygen atoms in total. The quantitative estimate of drug-likeness (QED) is 0.367. The molecule has 0 amide bonds. The lowest BCUT2D eigenvalue weighted by atomic mass is 9.95. The van der Waals surface area contributed by atoms with Crippen LogP contribution >= 0.6 is 15.9 Å². The summed E-state index contributed by atoms with van der Waals surface area (Å²) < 4.78 is 21.3. The van der Waals surface area contributed by atoms with Gasteiger partial charge in [0, 0.05) is 27.2 Å². The second-order valence-electron chi connectivity index (χ2n) is 5.49. The van der Waals surface area contributed by atoms with Gasteiger partial charge in [-0.05, 0) is 13.3 Å². The zero-order valence-electron chi connectivity index (χ0n) is 13.9. The predicted octanol–water partition coefficient (Wildman–Crippen LogP) is 1.27. The van der Waals surface area contributed by atoms with Crippen molar-refractivity contribution < 1.29 is 38.1 Å². The average Bonchev–Trinajstić information content (AvgIpc) is 2.42. The molecule has 9 heteroatoms. The number of hydrogen-bond acceptors (Lipinski definition) is 8. The molecule has 0 aliphatic carbocycles. The Morgan fingerprint density at radius 1 is 0.833 bits per heavy atom. The van der Waals surface area contributed by atoms with E-state index in [4.69, 9.17) is 18.9 Å². The van der Waals surface area contributed by atoms with Gasteiger partial charge in [-0.3, -0.25) is 14.4 Å².